The van der Waals surface area contributed by atoms with Crippen LogP contribution in [0.15, 0.2) is 36.5 Å². The molecule has 0 spiro atoms. The second-order valence-corrected chi connectivity index (χ2v) is 5.14. The fourth-order valence-electron chi connectivity index (χ4n) is 2.56. The molecular formula is C17H21NO3. The Kier molecular flexibility index (Phi) is 5.28. The van der Waals surface area contributed by atoms with E-state index in [4.69, 9.17) is 4.74 Å². The Morgan fingerprint density at radius 2 is 2.10 bits per heavy atom. The molecule has 21 heavy (non-hydrogen) atoms. The summed E-state index contributed by atoms with van der Waals surface area (Å²) in [6, 6.07) is 9.43. The minimum Gasteiger partial charge on any atom is -0.469 e. The largest absolute Gasteiger partial charge is 0.469 e. The number of methoxy groups -OCH3 is 1. The van der Waals surface area contributed by atoms with Gasteiger partial charge in [-0.2, -0.15) is 0 Å². The molecule has 0 aliphatic heterocycles. The number of carbonyl (C=O) groups is 1. The van der Waals surface area contributed by atoms with Gasteiger partial charge in [0.2, 0.25) is 0 Å². The minimum absolute atomic E-state index is 0.371. The van der Waals surface area contributed by atoms with Crippen molar-refractivity contribution >= 4 is 16.9 Å². The number of carbonyl (C=O) groups excluding carboxylic acids is 1. The van der Waals surface area contributed by atoms with Gasteiger partial charge < -0.3 is 9.84 Å². The molecule has 4 nitrogen and oxygen atoms in total. The lowest BCUT2D eigenvalue weighted by molar-refractivity contribution is -0.150. The van der Waals surface area contributed by atoms with E-state index in [0.717, 1.165) is 23.7 Å². The Morgan fingerprint density at radius 3 is 2.81 bits per heavy atom. The molecule has 0 amide bonds. The van der Waals surface area contributed by atoms with Gasteiger partial charge in [0.15, 0.2) is 0 Å². The number of fused-ring (bicyclic) bond motifs is 1. The summed E-state index contributed by atoms with van der Waals surface area (Å²) < 4.78 is 4.84. The number of rotatable bonds is 6. The average Bonchev–Trinajstić information content (AvgIpc) is 2.54. The van der Waals surface area contributed by atoms with Crippen LogP contribution in [0.2, 0.25) is 0 Å². The highest BCUT2D eigenvalue weighted by molar-refractivity contribution is 5.83. The Bertz CT molecular complexity index is 607. The van der Waals surface area contributed by atoms with Crippen LogP contribution in [0.4, 0.5) is 0 Å². The van der Waals surface area contributed by atoms with E-state index in [0.29, 0.717) is 12.0 Å². The lowest BCUT2D eigenvalue weighted by atomic mass is 9.90. The topological polar surface area (TPSA) is 59.4 Å². The molecule has 0 bridgehead atoms. The maximum Gasteiger partial charge on any atom is 0.311 e. The van der Waals surface area contributed by atoms with Crippen LogP contribution < -0.4 is 0 Å². The van der Waals surface area contributed by atoms with E-state index < -0.39 is 12.0 Å². The summed E-state index contributed by atoms with van der Waals surface area (Å²) in [6.45, 7) is 2.06. The zero-order valence-corrected chi connectivity index (χ0v) is 12.5. The Morgan fingerprint density at radius 1 is 1.33 bits per heavy atom. The highest BCUT2D eigenvalue weighted by Crippen LogP contribution is 2.31. The van der Waals surface area contributed by atoms with Crippen molar-refractivity contribution in [2.75, 3.05) is 7.11 Å². The number of ether oxygens (including phenoxy) is 1. The number of esters is 1. The zero-order chi connectivity index (χ0) is 15.2. The summed E-state index contributed by atoms with van der Waals surface area (Å²) in [7, 11) is 1.36. The van der Waals surface area contributed by atoms with E-state index in [2.05, 4.69) is 11.9 Å². The van der Waals surface area contributed by atoms with Crippen LogP contribution in [0.25, 0.3) is 10.9 Å². The highest BCUT2D eigenvalue weighted by Gasteiger charge is 2.29. The third kappa shape index (κ3) is 3.39. The Hall–Kier alpha value is -1.94. The molecule has 2 aromatic rings. The van der Waals surface area contributed by atoms with Crippen LogP contribution in [-0.4, -0.2) is 23.2 Å². The number of hydrogen-bond acceptors (Lipinski definition) is 4. The molecule has 0 aliphatic carbocycles. The molecule has 1 aromatic carbocycles. The number of para-hydroxylation sites is 1. The van der Waals surface area contributed by atoms with Gasteiger partial charge in [-0.05, 0) is 12.5 Å². The molecule has 1 N–H and O–H groups in total. The van der Waals surface area contributed by atoms with Gasteiger partial charge in [0.05, 0.1) is 24.6 Å². The monoisotopic (exact) mass is 287 g/mol. The second kappa shape index (κ2) is 7.18. The van der Waals surface area contributed by atoms with Gasteiger partial charge in [0.1, 0.15) is 0 Å². The third-order valence-electron chi connectivity index (χ3n) is 3.74. The summed E-state index contributed by atoms with van der Waals surface area (Å²) in [6.07, 6.45) is 3.23. The second-order valence-electron chi connectivity index (χ2n) is 5.14. The Labute approximate surface area is 124 Å². The van der Waals surface area contributed by atoms with E-state index >= 15 is 0 Å². The van der Waals surface area contributed by atoms with Crippen molar-refractivity contribution in [1.29, 1.82) is 0 Å². The van der Waals surface area contributed by atoms with Crippen molar-refractivity contribution in [2.45, 2.75) is 32.3 Å². The lowest BCUT2D eigenvalue weighted by Gasteiger charge is -2.21. The number of aromatic nitrogens is 1. The number of pyridine rings is 1. The summed E-state index contributed by atoms with van der Waals surface area (Å²) in [5, 5.41) is 11.6. The first-order chi connectivity index (χ1) is 10.2. The smallest absolute Gasteiger partial charge is 0.311 e. The molecule has 2 atom stereocenters. The molecule has 0 radical (unpaired) electrons. The third-order valence-corrected chi connectivity index (χ3v) is 3.74. The highest BCUT2D eigenvalue weighted by atomic mass is 16.5. The number of unbranched alkanes of at least 4 members (excludes halogenated alkanes) is 1. The first-order valence-corrected chi connectivity index (χ1v) is 7.28. The van der Waals surface area contributed by atoms with Crippen LogP contribution in [0, 0.1) is 5.92 Å². The number of nitrogens with zero attached hydrogens (tertiary/aromatic N) is 1. The standard InChI is InChI=1S/C17H21NO3/c1-3-4-9-14(17(20)21-2)16(19)13-10-5-7-12-8-6-11-18-15(12)13/h5-8,10-11,14,16,19H,3-4,9H2,1-2H3. The van der Waals surface area contributed by atoms with Gasteiger partial charge in [-0.3, -0.25) is 9.78 Å². The van der Waals surface area contributed by atoms with E-state index in [1.807, 2.05) is 30.3 Å². The first-order valence-electron chi connectivity index (χ1n) is 7.28. The zero-order valence-electron chi connectivity index (χ0n) is 12.5. The van der Waals surface area contributed by atoms with Crippen molar-refractivity contribution in [3.05, 3.63) is 42.1 Å². The molecular weight excluding hydrogens is 266 g/mol. The van der Waals surface area contributed by atoms with Crippen molar-refractivity contribution < 1.29 is 14.6 Å². The van der Waals surface area contributed by atoms with Gasteiger partial charge in [0, 0.05) is 17.1 Å². The average molecular weight is 287 g/mol. The molecule has 4 heteroatoms. The predicted octanol–water partition coefficient (Wildman–Crippen LogP) is 3.25. The van der Waals surface area contributed by atoms with E-state index in [1.54, 1.807) is 6.20 Å². The lowest BCUT2D eigenvalue weighted by Crippen LogP contribution is -2.24. The van der Waals surface area contributed by atoms with Gasteiger partial charge in [0.25, 0.3) is 0 Å². The molecule has 2 unspecified atom stereocenters. The fraction of sp³-hybridized carbons (Fsp3) is 0.412. The van der Waals surface area contributed by atoms with Gasteiger partial charge in [-0.1, -0.05) is 44.0 Å². The molecule has 0 saturated carbocycles. The molecule has 0 aliphatic rings. The van der Waals surface area contributed by atoms with Crippen LogP contribution in [0.5, 0.6) is 0 Å². The quantitative estimate of drug-likeness (QED) is 0.829. The summed E-state index contributed by atoms with van der Waals surface area (Å²) in [4.78, 5) is 16.3. The molecule has 0 saturated heterocycles. The summed E-state index contributed by atoms with van der Waals surface area (Å²) in [5.41, 5.74) is 1.41. The van der Waals surface area contributed by atoms with Crippen molar-refractivity contribution in [3.63, 3.8) is 0 Å². The number of hydrogen-bond donors (Lipinski definition) is 1. The van der Waals surface area contributed by atoms with E-state index in [9.17, 15) is 9.90 Å². The van der Waals surface area contributed by atoms with Crippen LogP contribution in [0.3, 0.4) is 0 Å². The first kappa shape index (κ1) is 15.4. The van der Waals surface area contributed by atoms with Crippen molar-refractivity contribution in [1.82, 2.24) is 4.98 Å². The molecule has 112 valence electrons. The van der Waals surface area contributed by atoms with Crippen LogP contribution in [-0.2, 0) is 9.53 Å². The SMILES string of the molecule is CCCCC(C(=O)OC)C(O)c1cccc2cccnc12. The van der Waals surface area contributed by atoms with Gasteiger partial charge in [-0.15, -0.1) is 0 Å². The van der Waals surface area contributed by atoms with Gasteiger partial charge >= 0.3 is 5.97 Å². The van der Waals surface area contributed by atoms with Crippen molar-refractivity contribution in [2.24, 2.45) is 5.92 Å². The van der Waals surface area contributed by atoms with E-state index in [1.165, 1.54) is 7.11 Å². The number of aliphatic hydroxyl groups is 1. The fourth-order valence-corrected chi connectivity index (χ4v) is 2.56. The normalized spacial score (nSPS) is 13.9. The van der Waals surface area contributed by atoms with Gasteiger partial charge in [-0.25, -0.2) is 0 Å². The number of aliphatic hydroxyl groups excluding tert-OH is 1. The molecule has 2 rings (SSSR count). The molecule has 1 heterocycles. The van der Waals surface area contributed by atoms with E-state index in [-0.39, 0.29) is 5.97 Å². The van der Waals surface area contributed by atoms with Crippen LogP contribution in [0.1, 0.15) is 37.9 Å². The minimum atomic E-state index is -0.900. The molecule has 0 fully saturated rings. The van der Waals surface area contributed by atoms with Crippen LogP contribution >= 0.6 is 0 Å². The predicted molar refractivity (Wildman–Crippen MR) is 81.7 cm³/mol. The number of benzene rings is 1. The maximum atomic E-state index is 12.0. The summed E-state index contributed by atoms with van der Waals surface area (Å²) >= 11 is 0. The summed E-state index contributed by atoms with van der Waals surface area (Å²) in [5.74, 6) is -0.925. The van der Waals surface area contributed by atoms with Crippen molar-refractivity contribution in [3.8, 4) is 0 Å². The maximum absolute atomic E-state index is 12.0. The Balaban J connectivity index is 2.38. The molecule has 1 aromatic heterocycles.